The predicted molar refractivity (Wildman–Crippen MR) is 86.8 cm³/mol. The van der Waals surface area contributed by atoms with Crippen molar-refractivity contribution < 1.29 is 9.47 Å². The molecule has 112 valence electrons. The molecule has 0 saturated heterocycles. The van der Waals surface area contributed by atoms with E-state index in [4.69, 9.17) is 15.2 Å². The van der Waals surface area contributed by atoms with Crippen LogP contribution in [-0.2, 0) is 0 Å². The van der Waals surface area contributed by atoms with Gasteiger partial charge in [0.1, 0.15) is 0 Å². The topological polar surface area (TPSA) is 44.5 Å². The molecule has 0 aliphatic heterocycles. The van der Waals surface area contributed by atoms with Crippen molar-refractivity contribution in [3.8, 4) is 22.6 Å². The minimum atomic E-state index is 0.0540. The van der Waals surface area contributed by atoms with E-state index in [1.165, 1.54) is 0 Å². The highest BCUT2D eigenvalue weighted by atomic mass is 16.5. The Balaban J connectivity index is 2.32. The summed E-state index contributed by atoms with van der Waals surface area (Å²) in [7, 11) is 0. The molecular formula is C18H23NO2. The largest absolute Gasteiger partial charge is 0.490 e. The molecule has 0 aliphatic rings. The lowest BCUT2D eigenvalue weighted by molar-refractivity contribution is 0.288. The van der Waals surface area contributed by atoms with Crippen LogP contribution in [0, 0.1) is 0 Å². The monoisotopic (exact) mass is 285 g/mol. The maximum absolute atomic E-state index is 5.88. The maximum Gasteiger partial charge on any atom is 0.161 e. The Labute approximate surface area is 126 Å². The summed E-state index contributed by atoms with van der Waals surface area (Å²) in [6, 6.07) is 14.4. The molecule has 0 fully saturated rings. The normalized spacial score (nSPS) is 12.0. The van der Waals surface area contributed by atoms with Crippen molar-refractivity contribution in [2.24, 2.45) is 5.73 Å². The lowest BCUT2D eigenvalue weighted by Gasteiger charge is -2.13. The fourth-order valence-electron chi connectivity index (χ4n) is 2.21. The third-order valence-electron chi connectivity index (χ3n) is 3.31. The summed E-state index contributed by atoms with van der Waals surface area (Å²) in [4.78, 5) is 0. The third-order valence-corrected chi connectivity index (χ3v) is 3.31. The molecule has 0 bridgehead atoms. The van der Waals surface area contributed by atoms with E-state index in [1.807, 2.05) is 39.0 Å². The molecule has 2 aromatic rings. The van der Waals surface area contributed by atoms with Gasteiger partial charge in [-0.1, -0.05) is 30.3 Å². The second-order valence-corrected chi connectivity index (χ2v) is 4.94. The van der Waals surface area contributed by atoms with Crippen LogP contribution in [0.5, 0.6) is 11.5 Å². The van der Waals surface area contributed by atoms with E-state index in [0.29, 0.717) is 13.2 Å². The summed E-state index contributed by atoms with van der Waals surface area (Å²) in [5.74, 6) is 1.57. The van der Waals surface area contributed by atoms with Gasteiger partial charge in [0.25, 0.3) is 0 Å². The molecular weight excluding hydrogens is 262 g/mol. The van der Waals surface area contributed by atoms with Crippen LogP contribution in [0.25, 0.3) is 11.1 Å². The molecule has 3 heteroatoms. The van der Waals surface area contributed by atoms with Crippen molar-refractivity contribution in [1.29, 1.82) is 0 Å². The first-order valence-corrected chi connectivity index (χ1v) is 7.41. The summed E-state index contributed by atoms with van der Waals surface area (Å²) in [5.41, 5.74) is 9.27. The number of benzene rings is 2. The average Bonchev–Trinajstić information content (AvgIpc) is 2.49. The second kappa shape index (κ2) is 7.14. The summed E-state index contributed by atoms with van der Waals surface area (Å²) in [6.07, 6.45) is 0. The highest BCUT2D eigenvalue weighted by Gasteiger charge is 2.08. The minimum Gasteiger partial charge on any atom is -0.490 e. The molecule has 3 nitrogen and oxygen atoms in total. The summed E-state index contributed by atoms with van der Waals surface area (Å²) < 4.78 is 11.3. The SMILES string of the molecule is CCOc1ccc(-c2ccc(C(C)N)cc2)cc1OCC. The van der Waals surface area contributed by atoms with Crippen LogP contribution in [0.3, 0.4) is 0 Å². The Bertz CT molecular complexity index is 576. The van der Waals surface area contributed by atoms with Gasteiger partial charge in [0.2, 0.25) is 0 Å². The molecule has 0 amide bonds. The van der Waals surface area contributed by atoms with Crippen LogP contribution in [0.15, 0.2) is 42.5 Å². The van der Waals surface area contributed by atoms with Crippen molar-refractivity contribution in [3.63, 3.8) is 0 Å². The van der Waals surface area contributed by atoms with Gasteiger partial charge in [-0.3, -0.25) is 0 Å². The molecule has 1 unspecified atom stereocenters. The Hall–Kier alpha value is -2.00. The zero-order chi connectivity index (χ0) is 15.2. The van der Waals surface area contributed by atoms with E-state index in [2.05, 4.69) is 24.3 Å². The number of nitrogens with two attached hydrogens (primary N) is 1. The quantitative estimate of drug-likeness (QED) is 0.866. The van der Waals surface area contributed by atoms with Crippen molar-refractivity contribution in [2.45, 2.75) is 26.8 Å². The lowest BCUT2D eigenvalue weighted by atomic mass is 10.0. The van der Waals surface area contributed by atoms with Crippen LogP contribution < -0.4 is 15.2 Å². The number of hydrogen-bond donors (Lipinski definition) is 1. The Morgan fingerprint density at radius 3 is 2.00 bits per heavy atom. The first-order chi connectivity index (χ1) is 10.2. The van der Waals surface area contributed by atoms with E-state index in [-0.39, 0.29) is 6.04 Å². The van der Waals surface area contributed by atoms with E-state index in [0.717, 1.165) is 28.2 Å². The molecule has 0 radical (unpaired) electrons. The van der Waals surface area contributed by atoms with Gasteiger partial charge >= 0.3 is 0 Å². The van der Waals surface area contributed by atoms with Gasteiger partial charge in [-0.15, -0.1) is 0 Å². The van der Waals surface area contributed by atoms with E-state index in [1.54, 1.807) is 0 Å². The smallest absolute Gasteiger partial charge is 0.161 e. The highest BCUT2D eigenvalue weighted by Crippen LogP contribution is 2.33. The molecule has 0 aromatic heterocycles. The fourth-order valence-corrected chi connectivity index (χ4v) is 2.21. The Morgan fingerprint density at radius 1 is 0.857 bits per heavy atom. The van der Waals surface area contributed by atoms with E-state index < -0.39 is 0 Å². The highest BCUT2D eigenvalue weighted by molar-refractivity contribution is 5.67. The minimum absolute atomic E-state index is 0.0540. The van der Waals surface area contributed by atoms with Gasteiger partial charge in [-0.05, 0) is 49.6 Å². The molecule has 21 heavy (non-hydrogen) atoms. The molecule has 2 N–H and O–H groups in total. The Morgan fingerprint density at radius 2 is 1.43 bits per heavy atom. The Kier molecular flexibility index (Phi) is 5.23. The second-order valence-electron chi connectivity index (χ2n) is 4.94. The third kappa shape index (κ3) is 3.76. The van der Waals surface area contributed by atoms with Gasteiger partial charge < -0.3 is 15.2 Å². The van der Waals surface area contributed by atoms with Crippen LogP contribution in [0.1, 0.15) is 32.4 Å². The summed E-state index contributed by atoms with van der Waals surface area (Å²) >= 11 is 0. The molecule has 1 atom stereocenters. The molecule has 0 heterocycles. The fraction of sp³-hybridized carbons (Fsp3) is 0.333. The standard InChI is InChI=1S/C18H23NO2/c1-4-20-17-11-10-16(12-18(17)21-5-2)15-8-6-14(7-9-15)13(3)19/h6-13H,4-5,19H2,1-3H3. The van der Waals surface area contributed by atoms with Crippen LogP contribution in [0.4, 0.5) is 0 Å². The van der Waals surface area contributed by atoms with Gasteiger partial charge in [0.15, 0.2) is 11.5 Å². The van der Waals surface area contributed by atoms with E-state index >= 15 is 0 Å². The van der Waals surface area contributed by atoms with E-state index in [9.17, 15) is 0 Å². The van der Waals surface area contributed by atoms with Crippen molar-refractivity contribution >= 4 is 0 Å². The van der Waals surface area contributed by atoms with Crippen molar-refractivity contribution in [3.05, 3.63) is 48.0 Å². The number of hydrogen-bond acceptors (Lipinski definition) is 3. The molecule has 2 rings (SSSR count). The first kappa shape index (κ1) is 15.4. The molecule has 0 aliphatic carbocycles. The average molecular weight is 285 g/mol. The molecule has 0 saturated carbocycles. The zero-order valence-corrected chi connectivity index (χ0v) is 12.9. The molecule has 0 spiro atoms. The summed E-state index contributed by atoms with van der Waals surface area (Å²) in [6.45, 7) is 7.17. The lowest BCUT2D eigenvalue weighted by Crippen LogP contribution is -2.04. The van der Waals surface area contributed by atoms with Gasteiger partial charge in [0.05, 0.1) is 13.2 Å². The van der Waals surface area contributed by atoms with Crippen LogP contribution >= 0.6 is 0 Å². The maximum atomic E-state index is 5.88. The van der Waals surface area contributed by atoms with Gasteiger partial charge in [0, 0.05) is 6.04 Å². The van der Waals surface area contributed by atoms with Crippen LogP contribution in [0.2, 0.25) is 0 Å². The predicted octanol–water partition coefficient (Wildman–Crippen LogP) is 4.17. The first-order valence-electron chi connectivity index (χ1n) is 7.41. The zero-order valence-electron chi connectivity index (χ0n) is 12.9. The number of rotatable bonds is 6. The van der Waals surface area contributed by atoms with Crippen LogP contribution in [-0.4, -0.2) is 13.2 Å². The van der Waals surface area contributed by atoms with Crippen molar-refractivity contribution in [2.75, 3.05) is 13.2 Å². The van der Waals surface area contributed by atoms with Gasteiger partial charge in [-0.25, -0.2) is 0 Å². The molecule has 2 aromatic carbocycles. The van der Waals surface area contributed by atoms with Crippen molar-refractivity contribution in [1.82, 2.24) is 0 Å². The summed E-state index contributed by atoms with van der Waals surface area (Å²) in [5, 5.41) is 0. The number of ether oxygens (including phenoxy) is 2. The van der Waals surface area contributed by atoms with Gasteiger partial charge in [-0.2, -0.15) is 0 Å².